The van der Waals surface area contributed by atoms with Crippen LogP contribution in [0.15, 0.2) is 90.2 Å². The van der Waals surface area contributed by atoms with Crippen molar-refractivity contribution in [1.82, 2.24) is 19.9 Å². The number of ether oxygens (including phenoxy) is 1. The summed E-state index contributed by atoms with van der Waals surface area (Å²) in [5, 5.41) is 10.8. The Balaban J connectivity index is 1.32. The van der Waals surface area contributed by atoms with Crippen LogP contribution in [-0.2, 0) is 11.3 Å². The first kappa shape index (κ1) is 21.0. The molecule has 2 aromatic heterocycles. The van der Waals surface area contributed by atoms with E-state index < -0.39 is 0 Å². The van der Waals surface area contributed by atoms with Gasteiger partial charge in [0.2, 0.25) is 5.91 Å². The molecule has 1 amide bonds. The zero-order valence-corrected chi connectivity index (χ0v) is 18.9. The molecule has 0 aliphatic rings. The van der Waals surface area contributed by atoms with Crippen molar-refractivity contribution in [3.8, 4) is 17.0 Å². The first-order valence-corrected chi connectivity index (χ1v) is 11.5. The van der Waals surface area contributed by atoms with Crippen molar-refractivity contribution < 1.29 is 9.53 Å². The van der Waals surface area contributed by atoms with Crippen molar-refractivity contribution in [1.29, 1.82) is 0 Å². The monoisotopic (exact) mass is 454 g/mol. The Hall–Kier alpha value is -3.84. The molecule has 33 heavy (non-hydrogen) atoms. The van der Waals surface area contributed by atoms with E-state index in [1.807, 2.05) is 59.2 Å². The summed E-state index contributed by atoms with van der Waals surface area (Å²) in [6.45, 7) is 0.451. The number of nitrogens with zero attached hydrogens (tertiary/aromatic N) is 3. The Bertz CT molecular complexity index is 1440. The Labute approximate surface area is 195 Å². The molecule has 0 unspecified atom stereocenters. The van der Waals surface area contributed by atoms with Gasteiger partial charge in [0.1, 0.15) is 10.8 Å². The number of nitrogens with one attached hydrogen (secondary N) is 1. The fourth-order valence-electron chi connectivity index (χ4n) is 3.76. The van der Waals surface area contributed by atoms with Gasteiger partial charge in [-0.3, -0.25) is 4.79 Å². The third kappa shape index (κ3) is 4.54. The number of carbonyl (C=O) groups excluding carboxylic acids is 1. The van der Waals surface area contributed by atoms with Crippen LogP contribution in [0, 0.1) is 0 Å². The van der Waals surface area contributed by atoms with E-state index in [-0.39, 0.29) is 11.7 Å². The van der Waals surface area contributed by atoms with Crippen LogP contribution in [0.4, 0.5) is 0 Å². The number of hydrogen-bond acceptors (Lipinski definition) is 5. The van der Waals surface area contributed by atoms with E-state index in [2.05, 4.69) is 34.6 Å². The summed E-state index contributed by atoms with van der Waals surface area (Å²) in [5.41, 5.74) is 3.82. The molecule has 2 heterocycles. The van der Waals surface area contributed by atoms with Gasteiger partial charge in [-0.05, 0) is 34.5 Å². The topological polar surface area (TPSA) is 68.5 Å². The van der Waals surface area contributed by atoms with Gasteiger partial charge in [0.25, 0.3) is 0 Å². The number of rotatable bonds is 7. The maximum atomic E-state index is 12.4. The van der Waals surface area contributed by atoms with Crippen LogP contribution in [0.25, 0.3) is 27.5 Å². The minimum Gasteiger partial charge on any atom is -0.497 e. The number of methoxy groups -OCH3 is 1. The molecule has 164 valence electrons. The molecule has 5 rings (SSSR count). The number of amides is 1. The van der Waals surface area contributed by atoms with Gasteiger partial charge in [-0.25, -0.2) is 9.50 Å². The van der Waals surface area contributed by atoms with Gasteiger partial charge in [-0.2, -0.15) is 5.10 Å². The van der Waals surface area contributed by atoms with E-state index in [1.165, 1.54) is 17.1 Å². The van der Waals surface area contributed by atoms with Crippen molar-refractivity contribution in [2.45, 2.75) is 11.6 Å². The molecular formula is C26H22N4O2S. The normalized spacial score (nSPS) is 11.1. The predicted molar refractivity (Wildman–Crippen MR) is 131 cm³/mol. The van der Waals surface area contributed by atoms with Crippen LogP contribution in [0.5, 0.6) is 5.75 Å². The summed E-state index contributed by atoms with van der Waals surface area (Å²) in [4.78, 5) is 16.9. The SMILES string of the molecule is COc1cccc(CNC(=O)CSc2nccn3nc(-c4cccc5ccccc45)cc23)c1. The van der Waals surface area contributed by atoms with E-state index in [9.17, 15) is 4.79 Å². The highest BCUT2D eigenvalue weighted by Gasteiger charge is 2.13. The van der Waals surface area contributed by atoms with Gasteiger partial charge in [0, 0.05) is 24.5 Å². The molecule has 0 aliphatic heterocycles. The highest BCUT2D eigenvalue weighted by atomic mass is 32.2. The average Bonchev–Trinajstić information content (AvgIpc) is 3.31. The van der Waals surface area contributed by atoms with E-state index in [0.29, 0.717) is 6.54 Å². The molecule has 5 aromatic rings. The van der Waals surface area contributed by atoms with Crippen molar-refractivity contribution in [3.05, 3.63) is 90.8 Å². The average molecular weight is 455 g/mol. The molecule has 0 spiro atoms. The molecule has 0 saturated heterocycles. The zero-order valence-electron chi connectivity index (χ0n) is 18.1. The lowest BCUT2D eigenvalue weighted by Crippen LogP contribution is -2.24. The molecule has 0 saturated carbocycles. The van der Waals surface area contributed by atoms with E-state index in [1.54, 1.807) is 13.3 Å². The molecule has 3 aromatic carbocycles. The van der Waals surface area contributed by atoms with Gasteiger partial charge in [0.05, 0.1) is 24.1 Å². The summed E-state index contributed by atoms with van der Waals surface area (Å²) in [6, 6.07) is 24.2. The fraction of sp³-hybridized carbons (Fsp3) is 0.115. The van der Waals surface area contributed by atoms with E-state index in [4.69, 9.17) is 9.84 Å². The largest absolute Gasteiger partial charge is 0.497 e. The molecule has 7 heteroatoms. The third-order valence-corrected chi connectivity index (χ3v) is 6.38. The van der Waals surface area contributed by atoms with Crippen LogP contribution in [0.3, 0.4) is 0 Å². The van der Waals surface area contributed by atoms with Gasteiger partial charge in [-0.15, -0.1) is 0 Å². The minimum atomic E-state index is -0.0552. The van der Waals surface area contributed by atoms with E-state index >= 15 is 0 Å². The summed E-state index contributed by atoms with van der Waals surface area (Å²) in [7, 11) is 1.63. The van der Waals surface area contributed by atoms with Gasteiger partial charge in [0.15, 0.2) is 0 Å². The van der Waals surface area contributed by atoms with Gasteiger partial charge in [-0.1, -0.05) is 66.4 Å². The lowest BCUT2D eigenvalue weighted by Gasteiger charge is -2.07. The summed E-state index contributed by atoms with van der Waals surface area (Å²) in [6.07, 6.45) is 3.54. The number of benzene rings is 3. The minimum absolute atomic E-state index is 0.0552. The van der Waals surface area contributed by atoms with Crippen LogP contribution in [0.1, 0.15) is 5.56 Å². The molecule has 0 aliphatic carbocycles. The van der Waals surface area contributed by atoms with Crippen molar-refractivity contribution in [3.63, 3.8) is 0 Å². The Morgan fingerprint density at radius 2 is 1.91 bits per heavy atom. The molecule has 0 fully saturated rings. The maximum Gasteiger partial charge on any atom is 0.230 e. The Morgan fingerprint density at radius 1 is 1.06 bits per heavy atom. The number of fused-ring (bicyclic) bond motifs is 2. The number of aromatic nitrogens is 3. The second kappa shape index (κ2) is 9.34. The third-order valence-electron chi connectivity index (χ3n) is 5.38. The van der Waals surface area contributed by atoms with Crippen molar-refractivity contribution >= 4 is 34.0 Å². The van der Waals surface area contributed by atoms with Gasteiger partial charge >= 0.3 is 0 Å². The standard InChI is InChI=1S/C26H22N4O2S/c1-32-20-9-4-6-18(14-20)16-28-25(31)17-33-26-24-15-23(29-30(24)13-12-27-26)22-11-5-8-19-7-2-3-10-21(19)22/h2-15H,16-17H2,1H3,(H,28,31). The quantitative estimate of drug-likeness (QED) is 0.352. The summed E-state index contributed by atoms with van der Waals surface area (Å²) < 4.78 is 7.05. The maximum absolute atomic E-state index is 12.4. The summed E-state index contributed by atoms with van der Waals surface area (Å²) >= 11 is 1.40. The van der Waals surface area contributed by atoms with E-state index in [0.717, 1.165) is 38.5 Å². The molecule has 0 bridgehead atoms. The van der Waals surface area contributed by atoms with Gasteiger partial charge < -0.3 is 10.1 Å². The van der Waals surface area contributed by atoms with Crippen LogP contribution in [-0.4, -0.2) is 33.4 Å². The Kier molecular flexibility index (Phi) is 5.95. The smallest absolute Gasteiger partial charge is 0.230 e. The van der Waals surface area contributed by atoms with Crippen LogP contribution < -0.4 is 10.1 Å². The first-order chi connectivity index (χ1) is 16.2. The molecule has 0 radical (unpaired) electrons. The molecule has 1 N–H and O–H groups in total. The predicted octanol–water partition coefficient (Wildman–Crippen LogP) is 4.97. The lowest BCUT2D eigenvalue weighted by molar-refractivity contribution is -0.118. The molecular weight excluding hydrogens is 432 g/mol. The number of hydrogen-bond donors (Lipinski definition) is 1. The second-order valence-electron chi connectivity index (χ2n) is 7.54. The molecule has 0 atom stereocenters. The lowest BCUT2D eigenvalue weighted by atomic mass is 10.0. The molecule has 6 nitrogen and oxygen atoms in total. The summed E-state index contributed by atoms with van der Waals surface area (Å²) in [5.74, 6) is 0.987. The van der Waals surface area contributed by atoms with Crippen molar-refractivity contribution in [2.24, 2.45) is 0 Å². The second-order valence-corrected chi connectivity index (χ2v) is 8.50. The zero-order chi connectivity index (χ0) is 22.6. The number of thioether (sulfide) groups is 1. The Morgan fingerprint density at radius 3 is 2.82 bits per heavy atom. The highest BCUT2D eigenvalue weighted by Crippen LogP contribution is 2.30. The van der Waals surface area contributed by atoms with Crippen LogP contribution in [0.2, 0.25) is 0 Å². The fourth-order valence-corrected chi connectivity index (χ4v) is 4.56. The number of carbonyl (C=O) groups is 1. The van der Waals surface area contributed by atoms with Crippen molar-refractivity contribution in [2.75, 3.05) is 12.9 Å². The van der Waals surface area contributed by atoms with Crippen LogP contribution >= 0.6 is 11.8 Å². The highest BCUT2D eigenvalue weighted by molar-refractivity contribution is 8.00. The first-order valence-electron chi connectivity index (χ1n) is 10.6.